The number of nitrogens with zero attached hydrogens (tertiary/aromatic N) is 3. The van der Waals surface area contributed by atoms with E-state index in [9.17, 15) is 13.2 Å². The lowest BCUT2D eigenvalue weighted by Crippen LogP contribution is -2.49. The van der Waals surface area contributed by atoms with Crippen molar-refractivity contribution in [3.63, 3.8) is 0 Å². The van der Waals surface area contributed by atoms with Gasteiger partial charge >= 0.3 is 0 Å². The highest BCUT2D eigenvalue weighted by molar-refractivity contribution is 7.92. The molecule has 0 atom stereocenters. The molecule has 0 unspecified atom stereocenters. The van der Waals surface area contributed by atoms with Crippen LogP contribution in [0.4, 0.5) is 5.82 Å². The van der Waals surface area contributed by atoms with E-state index in [-0.39, 0.29) is 12.5 Å². The molecular formula is C18H21ClN4O4S. The molecule has 10 heteroatoms. The molecule has 1 saturated heterocycles. The van der Waals surface area contributed by atoms with Crippen LogP contribution in [0.3, 0.4) is 0 Å². The van der Waals surface area contributed by atoms with E-state index in [2.05, 4.69) is 10.5 Å². The number of piperazine rings is 1. The van der Waals surface area contributed by atoms with Crippen LogP contribution in [0.1, 0.15) is 11.3 Å². The molecule has 0 radical (unpaired) electrons. The standard InChI is InChI=1S/C18H21ClN4O4S/c1-14-12-17(21-27-14)20-18(24)13-22-7-9-23(10-8-22)28(25,26)11-6-15-2-4-16(19)5-3-15/h2-6,11-12H,7-10,13H2,1H3,(H,20,21,24)/b11-6-. The molecule has 0 bridgehead atoms. The number of amides is 1. The van der Waals surface area contributed by atoms with Gasteiger partial charge in [-0.15, -0.1) is 0 Å². The molecule has 1 aliphatic heterocycles. The Hall–Kier alpha value is -2.20. The average molecular weight is 425 g/mol. The van der Waals surface area contributed by atoms with Crippen molar-refractivity contribution in [2.75, 3.05) is 38.0 Å². The van der Waals surface area contributed by atoms with Gasteiger partial charge in [0.2, 0.25) is 15.9 Å². The molecule has 28 heavy (non-hydrogen) atoms. The molecule has 1 aromatic carbocycles. The number of carbonyl (C=O) groups is 1. The van der Waals surface area contributed by atoms with Crippen LogP contribution in [-0.4, -0.2) is 61.4 Å². The third-order valence-corrected chi connectivity index (χ3v) is 6.07. The average Bonchev–Trinajstić information content (AvgIpc) is 3.06. The number of halogens is 1. The lowest BCUT2D eigenvalue weighted by Gasteiger charge is -2.32. The zero-order valence-electron chi connectivity index (χ0n) is 15.3. The summed E-state index contributed by atoms with van der Waals surface area (Å²) >= 11 is 5.83. The number of hydrogen-bond acceptors (Lipinski definition) is 6. The van der Waals surface area contributed by atoms with Gasteiger partial charge in [0.1, 0.15) is 5.76 Å². The summed E-state index contributed by atoms with van der Waals surface area (Å²) in [5.74, 6) is 0.768. The smallest absolute Gasteiger partial charge is 0.239 e. The topological polar surface area (TPSA) is 95.8 Å². The van der Waals surface area contributed by atoms with E-state index in [0.717, 1.165) is 5.56 Å². The van der Waals surface area contributed by atoms with Gasteiger partial charge < -0.3 is 9.84 Å². The van der Waals surface area contributed by atoms with Gasteiger partial charge in [0.15, 0.2) is 5.82 Å². The Morgan fingerprint density at radius 3 is 2.54 bits per heavy atom. The summed E-state index contributed by atoms with van der Waals surface area (Å²) < 4.78 is 31.3. The number of aryl methyl sites for hydroxylation is 1. The zero-order chi connectivity index (χ0) is 20.1. The molecule has 0 aliphatic carbocycles. The van der Waals surface area contributed by atoms with Crippen LogP contribution in [0.25, 0.3) is 6.08 Å². The Kier molecular flexibility index (Phi) is 6.50. The summed E-state index contributed by atoms with van der Waals surface area (Å²) in [6.07, 6.45) is 1.55. The van der Waals surface area contributed by atoms with E-state index in [0.29, 0.717) is 42.8 Å². The molecule has 1 aliphatic rings. The van der Waals surface area contributed by atoms with Crippen molar-refractivity contribution in [1.29, 1.82) is 0 Å². The van der Waals surface area contributed by atoms with Crippen molar-refractivity contribution in [2.45, 2.75) is 6.92 Å². The molecule has 0 saturated carbocycles. The Balaban J connectivity index is 1.49. The second kappa shape index (κ2) is 8.87. The van der Waals surface area contributed by atoms with Crippen molar-refractivity contribution in [3.05, 3.63) is 52.1 Å². The van der Waals surface area contributed by atoms with E-state index in [4.69, 9.17) is 16.1 Å². The van der Waals surface area contributed by atoms with Crippen LogP contribution >= 0.6 is 11.6 Å². The van der Waals surface area contributed by atoms with Crippen LogP contribution in [0.15, 0.2) is 40.3 Å². The first-order valence-corrected chi connectivity index (χ1v) is 10.6. The number of aromatic nitrogens is 1. The predicted octanol–water partition coefficient (Wildman–Crippen LogP) is 2.19. The molecule has 2 aromatic rings. The van der Waals surface area contributed by atoms with Crippen LogP contribution in [0.5, 0.6) is 0 Å². The maximum absolute atomic E-state index is 12.5. The quantitative estimate of drug-likeness (QED) is 0.763. The second-order valence-electron chi connectivity index (χ2n) is 6.45. The van der Waals surface area contributed by atoms with Crippen molar-refractivity contribution < 1.29 is 17.7 Å². The molecule has 2 heterocycles. The number of hydrogen-bond donors (Lipinski definition) is 1. The lowest BCUT2D eigenvalue weighted by molar-refractivity contribution is -0.117. The molecular weight excluding hydrogens is 404 g/mol. The highest BCUT2D eigenvalue weighted by Crippen LogP contribution is 2.14. The Morgan fingerprint density at radius 1 is 1.25 bits per heavy atom. The monoisotopic (exact) mass is 424 g/mol. The minimum absolute atomic E-state index is 0.167. The number of benzene rings is 1. The van der Waals surface area contributed by atoms with Gasteiger partial charge in [0.05, 0.1) is 6.54 Å². The summed E-state index contributed by atoms with van der Waals surface area (Å²) in [5, 5.41) is 8.17. The summed E-state index contributed by atoms with van der Waals surface area (Å²) in [4.78, 5) is 14.0. The van der Waals surface area contributed by atoms with E-state index in [1.54, 1.807) is 43.3 Å². The lowest BCUT2D eigenvalue weighted by atomic mass is 10.2. The molecule has 150 valence electrons. The van der Waals surface area contributed by atoms with E-state index in [1.165, 1.54) is 9.71 Å². The molecule has 1 amide bonds. The minimum Gasteiger partial charge on any atom is -0.360 e. The van der Waals surface area contributed by atoms with E-state index >= 15 is 0 Å². The predicted molar refractivity (Wildman–Crippen MR) is 107 cm³/mol. The SMILES string of the molecule is Cc1cc(NC(=O)CN2CCN(S(=O)(=O)/C=C\c3ccc(Cl)cc3)CC2)no1. The molecule has 3 rings (SSSR count). The number of sulfonamides is 1. The number of rotatable bonds is 6. The first-order valence-electron chi connectivity index (χ1n) is 8.71. The van der Waals surface area contributed by atoms with Gasteiger partial charge in [0, 0.05) is 42.7 Å². The van der Waals surface area contributed by atoms with Crippen LogP contribution < -0.4 is 5.32 Å². The molecule has 1 N–H and O–H groups in total. The summed E-state index contributed by atoms with van der Waals surface area (Å²) in [6, 6.07) is 8.55. The van der Waals surface area contributed by atoms with Crippen molar-refractivity contribution in [2.24, 2.45) is 0 Å². The van der Waals surface area contributed by atoms with E-state index < -0.39 is 10.0 Å². The molecule has 1 fully saturated rings. The van der Waals surface area contributed by atoms with Gasteiger partial charge in [-0.05, 0) is 30.7 Å². The normalized spacial score (nSPS) is 16.5. The number of nitrogens with one attached hydrogen (secondary N) is 1. The number of carbonyl (C=O) groups excluding carboxylic acids is 1. The van der Waals surface area contributed by atoms with Crippen LogP contribution in [0, 0.1) is 6.92 Å². The first kappa shape index (κ1) is 20.5. The third kappa shape index (κ3) is 5.65. The Bertz CT molecular complexity index is 948. The summed E-state index contributed by atoms with van der Waals surface area (Å²) in [6.45, 7) is 3.50. The minimum atomic E-state index is -3.52. The fraction of sp³-hybridized carbons (Fsp3) is 0.333. The first-order chi connectivity index (χ1) is 13.3. The fourth-order valence-corrected chi connectivity index (χ4v) is 4.08. The van der Waals surface area contributed by atoms with Gasteiger partial charge in [0.25, 0.3) is 0 Å². The molecule has 0 spiro atoms. The zero-order valence-corrected chi connectivity index (χ0v) is 16.9. The van der Waals surface area contributed by atoms with E-state index in [1.807, 2.05) is 4.90 Å². The fourth-order valence-electron chi connectivity index (χ4n) is 2.78. The highest BCUT2D eigenvalue weighted by atomic mass is 35.5. The van der Waals surface area contributed by atoms with Gasteiger partial charge in [-0.25, -0.2) is 8.42 Å². The van der Waals surface area contributed by atoms with Crippen LogP contribution in [-0.2, 0) is 14.8 Å². The molecule has 1 aromatic heterocycles. The van der Waals surface area contributed by atoms with Gasteiger partial charge in [-0.2, -0.15) is 4.31 Å². The maximum Gasteiger partial charge on any atom is 0.239 e. The third-order valence-electron chi connectivity index (χ3n) is 4.26. The molecule has 8 nitrogen and oxygen atoms in total. The van der Waals surface area contributed by atoms with Gasteiger partial charge in [-0.1, -0.05) is 28.9 Å². The Morgan fingerprint density at radius 2 is 1.93 bits per heavy atom. The summed E-state index contributed by atoms with van der Waals surface area (Å²) in [7, 11) is -3.52. The second-order valence-corrected chi connectivity index (χ2v) is 8.70. The van der Waals surface area contributed by atoms with Crippen molar-refractivity contribution in [1.82, 2.24) is 14.4 Å². The maximum atomic E-state index is 12.5. The Labute approximate surface area is 168 Å². The van der Waals surface area contributed by atoms with Crippen molar-refractivity contribution >= 4 is 39.4 Å². The largest absolute Gasteiger partial charge is 0.360 e. The summed E-state index contributed by atoms with van der Waals surface area (Å²) in [5.41, 5.74) is 0.756. The number of anilines is 1. The van der Waals surface area contributed by atoms with Crippen molar-refractivity contribution in [3.8, 4) is 0 Å². The van der Waals surface area contributed by atoms with Crippen LogP contribution in [0.2, 0.25) is 5.02 Å². The highest BCUT2D eigenvalue weighted by Gasteiger charge is 2.26. The van der Waals surface area contributed by atoms with Gasteiger partial charge in [-0.3, -0.25) is 9.69 Å².